The number of aryl methyl sites for hydroxylation is 1. The number of carbonyl (C=O) groups is 2. The third-order valence-corrected chi connectivity index (χ3v) is 5.93. The summed E-state index contributed by atoms with van der Waals surface area (Å²) in [4.78, 5) is 29.4. The summed E-state index contributed by atoms with van der Waals surface area (Å²) in [6.45, 7) is 4.24. The molecule has 0 spiro atoms. The summed E-state index contributed by atoms with van der Waals surface area (Å²) in [5.74, 6) is 0.0415. The summed E-state index contributed by atoms with van der Waals surface area (Å²) < 4.78 is 5.27. The van der Waals surface area contributed by atoms with Gasteiger partial charge >= 0.3 is 0 Å². The average Bonchev–Trinajstić information content (AvgIpc) is 3.24. The number of benzene rings is 2. The van der Waals surface area contributed by atoms with Gasteiger partial charge in [0, 0.05) is 31.3 Å². The zero-order valence-electron chi connectivity index (χ0n) is 18.8. The lowest BCUT2D eigenvalue weighted by molar-refractivity contribution is -0.130. The lowest BCUT2D eigenvalue weighted by atomic mass is 10.1. The average molecular weight is 447 g/mol. The van der Waals surface area contributed by atoms with E-state index >= 15 is 0 Å². The van der Waals surface area contributed by atoms with E-state index in [2.05, 4.69) is 39.6 Å². The Morgan fingerprint density at radius 1 is 0.939 bits per heavy atom. The number of rotatable bonds is 8. The Morgan fingerprint density at radius 2 is 1.70 bits per heavy atom. The van der Waals surface area contributed by atoms with Crippen molar-refractivity contribution in [2.24, 2.45) is 0 Å². The van der Waals surface area contributed by atoms with Gasteiger partial charge in [0.1, 0.15) is 0 Å². The van der Waals surface area contributed by atoms with Gasteiger partial charge in [-0.3, -0.25) is 9.59 Å². The third kappa shape index (κ3) is 6.52. The van der Waals surface area contributed by atoms with Crippen molar-refractivity contribution in [1.82, 2.24) is 20.3 Å². The Kier molecular flexibility index (Phi) is 7.87. The molecule has 3 aromatic rings. The maximum absolute atomic E-state index is 12.7. The molecule has 7 nitrogen and oxygen atoms in total. The summed E-state index contributed by atoms with van der Waals surface area (Å²) in [7, 11) is 0. The Morgan fingerprint density at radius 3 is 2.48 bits per heavy atom. The molecule has 4 rings (SSSR count). The molecular weight excluding hydrogens is 416 g/mol. The van der Waals surface area contributed by atoms with Crippen LogP contribution < -0.4 is 5.32 Å². The van der Waals surface area contributed by atoms with Crippen molar-refractivity contribution in [2.45, 2.75) is 19.3 Å². The van der Waals surface area contributed by atoms with Gasteiger partial charge in [-0.2, -0.15) is 0 Å². The van der Waals surface area contributed by atoms with Gasteiger partial charge < -0.3 is 19.6 Å². The van der Waals surface area contributed by atoms with Crippen LogP contribution in [-0.4, -0.2) is 66.0 Å². The van der Waals surface area contributed by atoms with Crippen LogP contribution in [0.5, 0.6) is 0 Å². The predicted octanol–water partition coefficient (Wildman–Crippen LogP) is 3.24. The van der Waals surface area contributed by atoms with Crippen molar-refractivity contribution < 1.29 is 14.1 Å². The van der Waals surface area contributed by atoms with Gasteiger partial charge in [-0.15, -0.1) is 0 Å². The van der Waals surface area contributed by atoms with Crippen LogP contribution in [-0.2, 0) is 11.2 Å². The predicted molar refractivity (Wildman–Crippen MR) is 127 cm³/mol. The number of carbonyl (C=O) groups excluding carboxylic acids is 2. The molecule has 1 N–H and O–H groups in total. The summed E-state index contributed by atoms with van der Waals surface area (Å²) >= 11 is 0. The fourth-order valence-corrected chi connectivity index (χ4v) is 4.07. The quantitative estimate of drug-likeness (QED) is 0.575. The molecule has 0 atom stereocenters. The minimum Gasteiger partial charge on any atom is -0.355 e. The third-order valence-electron chi connectivity index (χ3n) is 5.93. The van der Waals surface area contributed by atoms with Crippen molar-refractivity contribution in [3.63, 3.8) is 0 Å². The van der Waals surface area contributed by atoms with E-state index < -0.39 is 5.91 Å². The van der Waals surface area contributed by atoms with Crippen molar-refractivity contribution in [2.75, 3.05) is 39.3 Å². The molecule has 2 aromatic carbocycles. The monoisotopic (exact) mass is 446 g/mol. The summed E-state index contributed by atoms with van der Waals surface area (Å²) in [6, 6.07) is 21.6. The van der Waals surface area contributed by atoms with Gasteiger partial charge in [0.15, 0.2) is 11.5 Å². The molecule has 1 aromatic heterocycles. The van der Waals surface area contributed by atoms with E-state index in [1.807, 2.05) is 41.3 Å². The second-order valence-electron chi connectivity index (χ2n) is 8.29. The highest BCUT2D eigenvalue weighted by Gasteiger charge is 2.20. The highest BCUT2D eigenvalue weighted by molar-refractivity contribution is 5.95. The molecule has 1 saturated heterocycles. The van der Waals surface area contributed by atoms with Gasteiger partial charge in [-0.05, 0) is 37.9 Å². The summed E-state index contributed by atoms with van der Waals surface area (Å²) in [5.41, 5.74) is 2.38. The molecule has 0 bridgehead atoms. The fraction of sp³-hybridized carbons (Fsp3) is 0.346. The largest absolute Gasteiger partial charge is 0.355 e. The molecule has 172 valence electrons. The van der Waals surface area contributed by atoms with Gasteiger partial charge in [0.2, 0.25) is 5.91 Å². The normalized spacial score (nSPS) is 14.6. The zero-order chi connectivity index (χ0) is 22.9. The SMILES string of the molecule is O=C(NCC(=O)N1CCCN(CCCc2ccccc2)CC1)c1cc(-c2ccccc2)on1. The molecule has 1 aliphatic rings. The lowest BCUT2D eigenvalue weighted by Gasteiger charge is -2.22. The fourth-order valence-electron chi connectivity index (χ4n) is 4.07. The van der Waals surface area contributed by atoms with Gasteiger partial charge in [-0.1, -0.05) is 65.8 Å². The molecule has 2 amide bonds. The highest BCUT2D eigenvalue weighted by atomic mass is 16.5. The van der Waals surface area contributed by atoms with E-state index in [4.69, 9.17) is 4.52 Å². The zero-order valence-corrected chi connectivity index (χ0v) is 18.8. The van der Waals surface area contributed by atoms with Crippen LogP contribution in [0.2, 0.25) is 0 Å². The van der Waals surface area contributed by atoms with Crippen LogP contribution >= 0.6 is 0 Å². The standard InChI is InChI=1S/C26H30N4O3/c31-25(20-27-26(32)23-19-24(33-28-23)22-12-5-2-6-13-22)30-16-8-15-29(17-18-30)14-7-11-21-9-3-1-4-10-21/h1-6,9-10,12-13,19H,7-8,11,14-18,20H2,(H,27,32). The topological polar surface area (TPSA) is 78.7 Å². The molecule has 0 radical (unpaired) electrons. The molecule has 0 saturated carbocycles. The maximum atomic E-state index is 12.7. The van der Waals surface area contributed by atoms with E-state index in [0.717, 1.165) is 44.5 Å². The van der Waals surface area contributed by atoms with E-state index in [1.165, 1.54) is 5.56 Å². The van der Waals surface area contributed by atoms with E-state index in [0.29, 0.717) is 18.8 Å². The molecule has 0 unspecified atom stereocenters. The second-order valence-corrected chi connectivity index (χ2v) is 8.29. The minimum atomic E-state index is -0.411. The molecule has 1 fully saturated rings. The summed E-state index contributed by atoms with van der Waals surface area (Å²) in [6.07, 6.45) is 3.12. The van der Waals surface area contributed by atoms with Gasteiger partial charge in [-0.25, -0.2) is 0 Å². The first-order valence-corrected chi connectivity index (χ1v) is 11.5. The number of aromatic nitrogens is 1. The number of amides is 2. The van der Waals surface area contributed by atoms with Gasteiger partial charge in [0.05, 0.1) is 6.54 Å². The van der Waals surface area contributed by atoms with Crippen molar-refractivity contribution in [3.8, 4) is 11.3 Å². The van der Waals surface area contributed by atoms with Crippen molar-refractivity contribution >= 4 is 11.8 Å². The molecule has 1 aliphatic heterocycles. The van der Waals surface area contributed by atoms with Crippen LogP contribution in [0.25, 0.3) is 11.3 Å². The molecule has 7 heteroatoms. The highest BCUT2D eigenvalue weighted by Crippen LogP contribution is 2.19. The van der Waals surface area contributed by atoms with Crippen LogP contribution in [0.3, 0.4) is 0 Å². The first kappa shape index (κ1) is 22.7. The number of hydrogen-bond donors (Lipinski definition) is 1. The Hall–Kier alpha value is -3.45. The molecule has 0 aliphatic carbocycles. The second kappa shape index (κ2) is 11.4. The van der Waals surface area contributed by atoms with E-state index in [1.54, 1.807) is 6.07 Å². The van der Waals surface area contributed by atoms with Crippen LogP contribution in [0.15, 0.2) is 71.3 Å². The van der Waals surface area contributed by atoms with E-state index in [9.17, 15) is 9.59 Å². The number of hydrogen-bond acceptors (Lipinski definition) is 5. The summed E-state index contributed by atoms with van der Waals surface area (Å²) in [5, 5.41) is 6.52. The first-order chi connectivity index (χ1) is 16.2. The number of nitrogens with zero attached hydrogens (tertiary/aromatic N) is 3. The van der Waals surface area contributed by atoms with Crippen molar-refractivity contribution in [1.29, 1.82) is 0 Å². The van der Waals surface area contributed by atoms with Crippen LogP contribution in [0.1, 0.15) is 28.9 Å². The van der Waals surface area contributed by atoms with Crippen LogP contribution in [0, 0.1) is 0 Å². The molecular formula is C26H30N4O3. The molecule has 2 heterocycles. The van der Waals surface area contributed by atoms with Crippen molar-refractivity contribution in [3.05, 3.63) is 78.0 Å². The Balaban J connectivity index is 1.20. The maximum Gasteiger partial charge on any atom is 0.273 e. The first-order valence-electron chi connectivity index (χ1n) is 11.5. The molecule has 33 heavy (non-hydrogen) atoms. The number of nitrogens with one attached hydrogen (secondary N) is 1. The Labute approximate surface area is 194 Å². The Bertz CT molecular complexity index is 1040. The van der Waals surface area contributed by atoms with E-state index in [-0.39, 0.29) is 18.1 Å². The smallest absolute Gasteiger partial charge is 0.273 e. The van der Waals surface area contributed by atoms with Gasteiger partial charge in [0.25, 0.3) is 5.91 Å². The van der Waals surface area contributed by atoms with Crippen LogP contribution in [0.4, 0.5) is 0 Å². The lowest BCUT2D eigenvalue weighted by Crippen LogP contribution is -2.42. The minimum absolute atomic E-state index is 0.0413.